The molecular weight excluding hydrogens is 190 g/mol. The minimum atomic E-state index is -0.0492. The fourth-order valence-electron chi connectivity index (χ4n) is 1.61. The summed E-state index contributed by atoms with van der Waals surface area (Å²) in [6.07, 6.45) is 2.46. The third kappa shape index (κ3) is 7.77. The normalized spacial score (nSPS) is 12.4. The summed E-state index contributed by atoms with van der Waals surface area (Å²) in [5.74, 6) is 0. The molecule has 0 amide bonds. The number of likely N-dealkylation sites (N-methyl/N-ethyl adjacent to an activating group) is 1. The molecule has 0 aromatic heterocycles. The first-order valence-electron chi connectivity index (χ1n) is 6.11. The molecule has 3 heteroatoms. The summed E-state index contributed by atoms with van der Waals surface area (Å²) in [5, 5.41) is 0. The van der Waals surface area contributed by atoms with E-state index in [0.29, 0.717) is 0 Å². The van der Waals surface area contributed by atoms with Crippen molar-refractivity contribution in [2.75, 3.05) is 40.4 Å². The summed E-state index contributed by atoms with van der Waals surface area (Å²) in [5.41, 5.74) is 0. The molecule has 92 valence electrons. The van der Waals surface area contributed by atoms with Gasteiger partial charge in [0.25, 0.3) is 0 Å². The van der Waals surface area contributed by atoms with Gasteiger partial charge in [0.1, 0.15) is 6.54 Å². The Morgan fingerprint density at radius 3 is 1.93 bits per heavy atom. The maximum absolute atomic E-state index is 5.56. The summed E-state index contributed by atoms with van der Waals surface area (Å²) in [6.45, 7) is 9.81. The Bertz CT molecular complexity index is 143. The van der Waals surface area contributed by atoms with Crippen LogP contribution >= 0.6 is 0 Å². The van der Waals surface area contributed by atoms with Crippen molar-refractivity contribution < 1.29 is 14.0 Å². The van der Waals surface area contributed by atoms with Gasteiger partial charge in [-0.1, -0.05) is 13.3 Å². The Balaban J connectivity index is 3.99. The molecule has 0 heterocycles. The molecule has 15 heavy (non-hydrogen) atoms. The molecule has 0 aliphatic heterocycles. The Kier molecular flexibility index (Phi) is 8.02. The highest BCUT2D eigenvalue weighted by atomic mass is 16.7. The summed E-state index contributed by atoms with van der Waals surface area (Å²) < 4.78 is 12.1. The van der Waals surface area contributed by atoms with E-state index in [1.54, 1.807) is 0 Å². The minimum absolute atomic E-state index is 0.0492. The van der Waals surface area contributed by atoms with Crippen LogP contribution in [-0.4, -0.2) is 51.2 Å². The molecule has 0 saturated heterocycles. The molecule has 0 fully saturated rings. The van der Waals surface area contributed by atoms with Gasteiger partial charge >= 0.3 is 0 Å². The van der Waals surface area contributed by atoms with Crippen molar-refractivity contribution in [3.63, 3.8) is 0 Å². The molecule has 3 nitrogen and oxygen atoms in total. The average molecular weight is 218 g/mol. The summed E-state index contributed by atoms with van der Waals surface area (Å²) in [4.78, 5) is 0. The molecule has 0 unspecified atom stereocenters. The lowest BCUT2D eigenvalue weighted by atomic mass is 10.3. The second kappa shape index (κ2) is 8.08. The number of ether oxygens (including phenoxy) is 2. The zero-order chi connectivity index (χ0) is 11.7. The van der Waals surface area contributed by atoms with Crippen molar-refractivity contribution in [3.05, 3.63) is 0 Å². The van der Waals surface area contributed by atoms with Gasteiger partial charge in [0.05, 0.1) is 20.6 Å². The minimum Gasteiger partial charge on any atom is -0.348 e. The zero-order valence-electron chi connectivity index (χ0n) is 11.1. The predicted molar refractivity (Wildman–Crippen MR) is 63.8 cm³/mol. The van der Waals surface area contributed by atoms with Gasteiger partial charge in [-0.15, -0.1) is 0 Å². The van der Waals surface area contributed by atoms with E-state index >= 15 is 0 Å². The SMILES string of the molecule is CCCC[N+](C)(C)CC(OCC)OCC. The van der Waals surface area contributed by atoms with Crippen molar-refractivity contribution in [3.8, 4) is 0 Å². The van der Waals surface area contributed by atoms with Gasteiger partial charge in [0.15, 0.2) is 0 Å². The fourth-order valence-corrected chi connectivity index (χ4v) is 1.61. The molecule has 0 spiro atoms. The molecule has 0 aliphatic carbocycles. The highest BCUT2D eigenvalue weighted by Crippen LogP contribution is 2.07. The van der Waals surface area contributed by atoms with Gasteiger partial charge in [-0.25, -0.2) is 0 Å². The van der Waals surface area contributed by atoms with Crippen molar-refractivity contribution >= 4 is 0 Å². The smallest absolute Gasteiger partial charge is 0.207 e. The summed E-state index contributed by atoms with van der Waals surface area (Å²) in [7, 11) is 4.47. The van der Waals surface area contributed by atoms with Gasteiger partial charge in [-0.3, -0.25) is 0 Å². The Hall–Kier alpha value is -0.120. The highest BCUT2D eigenvalue weighted by molar-refractivity contribution is 4.44. The summed E-state index contributed by atoms with van der Waals surface area (Å²) in [6, 6.07) is 0. The fraction of sp³-hybridized carbons (Fsp3) is 1.00. The van der Waals surface area contributed by atoms with Crippen molar-refractivity contribution in [2.24, 2.45) is 0 Å². The molecule has 0 saturated carbocycles. The lowest BCUT2D eigenvalue weighted by Gasteiger charge is -2.33. The molecule has 0 radical (unpaired) electrons. The number of quaternary nitrogens is 1. The average Bonchev–Trinajstić information content (AvgIpc) is 2.15. The molecular formula is C12H28NO2+. The first-order chi connectivity index (χ1) is 7.05. The van der Waals surface area contributed by atoms with E-state index in [2.05, 4.69) is 21.0 Å². The topological polar surface area (TPSA) is 18.5 Å². The van der Waals surface area contributed by atoms with E-state index in [9.17, 15) is 0 Å². The van der Waals surface area contributed by atoms with Crippen molar-refractivity contribution in [1.29, 1.82) is 0 Å². The number of unbranched alkanes of at least 4 members (excludes halogenated alkanes) is 1. The van der Waals surface area contributed by atoms with Crippen molar-refractivity contribution in [2.45, 2.75) is 39.9 Å². The van der Waals surface area contributed by atoms with Crippen LogP contribution in [0.15, 0.2) is 0 Å². The van der Waals surface area contributed by atoms with E-state index in [0.717, 1.165) is 24.2 Å². The van der Waals surface area contributed by atoms with Gasteiger partial charge in [-0.2, -0.15) is 0 Å². The number of hydrogen-bond acceptors (Lipinski definition) is 2. The van der Waals surface area contributed by atoms with Gasteiger partial charge in [-0.05, 0) is 20.3 Å². The molecule has 0 bridgehead atoms. The van der Waals surface area contributed by atoms with E-state index in [4.69, 9.17) is 9.47 Å². The maximum atomic E-state index is 5.56. The van der Waals surface area contributed by atoms with E-state index in [1.165, 1.54) is 19.4 Å². The molecule has 0 aromatic rings. The van der Waals surface area contributed by atoms with Crippen LogP contribution in [0.1, 0.15) is 33.6 Å². The second-order valence-corrected chi connectivity index (χ2v) is 4.54. The lowest BCUT2D eigenvalue weighted by molar-refractivity contribution is -0.896. The van der Waals surface area contributed by atoms with Gasteiger partial charge in [0.2, 0.25) is 6.29 Å². The monoisotopic (exact) mass is 218 g/mol. The Labute approximate surface area is 95.0 Å². The van der Waals surface area contributed by atoms with Crippen LogP contribution in [-0.2, 0) is 9.47 Å². The number of hydrogen-bond donors (Lipinski definition) is 0. The van der Waals surface area contributed by atoms with Crippen LogP contribution in [0.25, 0.3) is 0 Å². The molecule has 0 aromatic carbocycles. The quantitative estimate of drug-likeness (QED) is 0.436. The lowest BCUT2D eigenvalue weighted by Crippen LogP contribution is -2.47. The van der Waals surface area contributed by atoms with Crippen LogP contribution in [0, 0.1) is 0 Å². The standard InChI is InChI=1S/C12H28NO2/c1-6-9-10-13(4,5)11-12(14-7-2)15-8-3/h12H,6-11H2,1-5H3/q+1. The zero-order valence-corrected chi connectivity index (χ0v) is 11.1. The van der Waals surface area contributed by atoms with Crippen LogP contribution in [0.4, 0.5) is 0 Å². The third-order valence-electron chi connectivity index (χ3n) is 2.47. The predicted octanol–water partition coefficient (Wildman–Crippen LogP) is 2.26. The van der Waals surface area contributed by atoms with E-state index < -0.39 is 0 Å². The van der Waals surface area contributed by atoms with Gasteiger partial charge < -0.3 is 14.0 Å². The van der Waals surface area contributed by atoms with Crippen LogP contribution < -0.4 is 0 Å². The van der Waals surface area contributed by atoms with Crippen LogP contribution in [0.3, 0.4) is 0 Å². The Morgan fingerprint density at radius 2 is 1.53 bits per heavy atom. The third-order valence-corrected chi connectivity index (χ3v) is 2.47. The second-order valence-electron chi connectivity index (χ2n) is 4.54. The Morgan fingerprint density at radius 1 is 1.00 bits per heavy atom. The van der Waals surface area contributed by atoms with Crippen LogP contribution in [0.2, 0.25) is 0 Å². The largest absolute Gasteiger partial charge is 0.348 e. The molecule has 0 atom stereocenters. The van der Waals surface area contributed by atoms with Crippen molar-refractivity contribution in [1.82, 2.24) is 0 Å². The molecule has 0 rings (SSSR count). The molecule has 0 aliphatic rings. The number of nitrogens with zero attached hydrogens (tertiary/aromatic N) is 1. The summed E-state index contributed by atoms with van der Waals surface area (Å²) >= 11 is 0. The maximum Gasteiger partial charge on any atom is 0.207 e. The first kappa shape index (κ1) is 14.9. The van der Waals surface area contributed by atoms with E-state index in [-0.39, 0.29) is 6.29 Å². The van der Waals surface area contributed by atoms with Gasteiger partial charge in [0, 0.05) is 13.2 Å². The van der Waals surface area contributed by atoms with E-state index in [1.807, 2.05) is 13.8 Å². The first-order valence-corrected chi connectivity index (χ1v) is 6.11. The number of rotatable bonds is 9. The highest BCUT2D eigenvalue weighted by Gasteiger charge is 2.21. The van der Waals surface area contributed by atoms with Crippen LogP contribution in [0.5, 0.6) is 0 Å². The molecule has 0 N–H and O–H groups in total.